The van der Waals surface area contributed by atoms with Crippen molar-refractivity contribution < 1.29 is 14.4 Å². The fourth-order valence-electron chi connectivity index (χ4n) is 3.96. The first kappa shape index (κ1) is 24.0. The molecule has 0 unspecified atom stereocenters. The van der Waals surface area contributed by atoms with Gasteiger partial charge in [0.25, 0.3) is 11.8 Å². The third-order valence-corrected chi connectivity index (χ3v) is 5.89. The molecule has 2 N–H and O–H groups in total. The fraction of sp³-hybridized carbons (Fsp3) is 0.207. The van der Waals surface area contributed by atoms with E-state index >= 15 is 0 Å². The van der Waals surface area contributed by atoms with Crippen LogP contribution in [0, 0.1) is 6.92 Å². The van der Waals surface area contributed by atoms with Crippen molar-refractivity contribution in [1.29, 1.82) is 0 Å². The van der Waals surface area contributed by atoms with Gasteiger partial charge in [0.2, 0.25) is 5.91 Å². The standard InChI is InChI=1S/C29H29N3O3/c1-18-6-8-20(9-7-18)25-26(31-23-12-10-21(11-13-23)29(3,4)5)28(35)32(27(25)34)24-16-14-22(15-17-24)30-19(2)33/h6-17,31H,1-5H3,(H,30,33). The number of nitrogens with one attached hydrogen (secondary N) is 2. The smallest absolute Gasteiger partial charge is 0.282 e. The van der Waals surface area contributed by atoms with Gasteiger partial charge in [0, 0.05) is 18.3 Å². The van der Waals surface area contributed by atoms with E-state index in [1.165, 1.54) is 17.4 Å². The summed E-state index contributed by atoms with van der Waals surface area (Å²) in [6, 6.07) is 22.0. The summed E-state index contributed by atoms with van der Waals surface area (Å²) < 4.78 is 0. The molecule has 0 fully saturated rings. The van der Waals surface area contributed by atoms with E-state index in [0.717, 1.165) is 11.3 Å². The minimum absolute atomic E-state index is 0.00417. The second kappa shape index (κ2) is 9.22. The average Bonchev–Trinajstić information content (AvgIpc) is 3.04. The highest BCUT2D eigenvalue weighted by molar-refractivity contribution is 6.46. The van der Waals surface area contributed by atoms with Crippen molar-refractivity contribution in [2.45, 2.75) is 40.0 Å². The lowest BCUT2D eigenvalue weighted by Crippen LogP contribution is -2.32. The molecule has 3 aromatic rings. The zero-order valence-electron chi connectivity index (χ0n) is 20.6. The van der Waals surface area contributed by atoms with E-state index < -0.39 is 11.8 Å². The van der Waals surface area contributed by atoms with Crippen LogP contribution in [0.3, 0.4) is 0 Å². The van der Waals surface area contributed by atoms with Gasteiger partial charge in [0.05, 0.1) is 11.3 Å². The Kier molecular flexibility index (Phi) is 6.31. The molecule has 3 aromatic carbocycles. The van der Waals surface area contributed by atoms with Crippen LogP contribution in [-0.2, 0) is 19.8 Å². The molecule has 0 aromatic heterocycles. The molecule has 1 aliphatic heterocycles. The van der Waals surface area contributed by atoms with Gasteiger partial charge < -0.3 is 10.6 Å². The zero-order valence-corrected chi connectivity index (χ0v) is 20.6. The van der Waals surface area contributed by atoms with E-state index in [2.05, 4.69) is 31.4 Å². The van der Waals surface area contributed by atoms with E-state index in [4.69, 9.17) is 0 Å². The molecule has 0 saturated heterocycles. The molecule has 6 nitrogen and oxygen atoms in total. The number of nitrogens with zero attached hydrogens (tertiary/aromatic N) is 1. The van der Waals surface area contributed by atoms with Crippen LogP contribution in [0.2, 0.25) is 0 Å². The summed E-state index contributed by atoms with van der Waals surface area (Å²) in [4.78, 5) is 39.7. The largest absolute Gasteiger partial charge is 0.350 e. The Balaban J connectivity index is 1.72. The fourth-order valence-corrected chi connectivity index (χ4v) is 3.96. The second-order valence-electron chi connectivity index (χ2n) is 9.74. The van der Waals surface area contributed by atoms with E-state index in [1.54, 1.807) is 24.3 Å². The number of hydrogen-bond donors (Lipinski definition) is 2. The van der Waals surface area contributed by atoms with Crippen LogP contribution in [-0.4, -0.2) is 17.7 Å². The Morgan fingerprint density at radius 1 is 0.771 bits per heavy atom. The molecule has 0 atom stereocenters. The normalized spacial score (nSPS) is 13.9. The topological polar surface area (TPSA) is 78.5 Å². The quantitative estimate of drug-likeness (QED) is 0.476. The van der Waals surface area contributed by atoms with Crippen molar-refractivity contribution in [1.82, 2.24) is 0 Å². The molecule has 35 heavy (non-hydrogen) atoms. The third kappa shape index (κ3) is 5.01. The molecule has 0 radical (unpaired) electrons. The highest BCUT2D eigenvalue weighted by Gasteiger charge is 2.40. The predicted octanol–water partition coefficient (Wildman–Crippen LogP) is 5.65. The summed E-state index contributed by atoms with van der Waals surface area (Å²) >= 11 is 0. The Hall–Kier alpha value is -4.19. The number of benzene rings is 3. The van der Waals surface area contributed by atoms with Gasteiger partial charge in [0.15, 0.2) is 0 Å². The van der Waals surface area contributed by atoms with Crippen molar-refractivity contribution in [3.63, 3.8) is 0 Å². The number of anilines is 3. The van der Waals surface area contributed by atoms with Crippen molar-refractivity contribution in [3.05, 3.63) is 95.2 Å². The summed E-state index contributed by atoms with van der Waals surface area (Å²) in [6.45, 7) is 9.81. The van der Waals surface area contributed by atoms with Gasteiger partial charge in [-0.3, -0.25) is 14.4 Å². The number of aryl methyl sites for hydroxylation is 1. The van der Waals surface area contributed by atoms with E-state index in [0.29, 0.717) is 22.5 Å². The number of carbonyl (C=O) groups is 3. The van der Waals surface area contributed by atoms with Crippen LogP contribution in [0.4, 0.5) is 17.1 Å². The first-order valence-electron chi connectivity index (χ1n) is 11.5. The molecule has 3 amide bonds. The number of hydrogen-bond acceptors (Lipinski definition) is 4. The second-order valence-corrected chi connectivity index (χ2v) is 9.74. The molecular formula is C29H29N3O3. The van der Waals surface area contributed by atoms with Gasteiger partial charge in [-0.15, -0.1) is 0 Å². The first-order chi connectivity index (χ1) is 16.5. The lowest BCUT2D eigenvalue weighted by atomic mass is 9.87. The van der Waals surface area contributed by atoms with Gasteiger partial charge in [-0.05, 0) is 59.9 Å². The summed E-state index contributed by atoms with van der Waals surface area (Å²) in [5, 5.41) is 5.90. The van der Waals surface area contributed by atoms with Gasteiger partial charge >= 0.3 is 0 Å². The molecule has 0 spiro atoms. The van der Waals surface area contributed by atoms with Crippen LogP contribution in [0.15, 0.2) is 78.5 Å². The molecule has 6 heteroatoms. The maximum absolute atomic E-state index is 13.6. The first-order valence-corrected chi connectivity index (χ1v) is 11.5. The molecule has 4 rings (SSSR count). The molecule has 0 aliphatic carbocycles. The number of rotatable bonds is 5. The SMILES string of the molecule is CC(=O)Nc1ccc(N2C(=O)C(Nc3ccc(C(C)(C)C)cc3)=C(c3ccc(C)cc3)C2=O)cc1. The number of carbonyl (C=O) groups excluding carboxylic acids is 3. The van der Waals surface area contributed by atoms with Crippen molar-refractivity contribution in [2.75, 3.05) is 15.5 Å². The summed E-state index contributed by atoms with van der Waals surface area (Å²) in [5.41, 5.74) is 5.19. The molecule has 0 bridgehead atoms. The van der Waals surface area contributed by atoms with Gasteiger partial charge in [0.1, 0.15) is 5.70 Å². The summed E-state index contributed by atoms with van der Waals surface area (Å²) in [7, 11) is 0. The van der Waals surface area contributed by atoms with E-state index in [9.17, 15) is 14.4 Å². The van der Waals surface area contributed by atoms with Gasteiger partial charge in [-0.2, -0.15) is 0 Å². The maximum atomic E-state index is 13.6. The van der Waals surface area contributed by atoms with Crippen molar-refractivity contribution >= 4 is 40.4 Å². The highest BCUT2D eigenvalue weighted by atomic mass is 16.2. The van der Waals surface area contributed by atoms with Crippen LogP contribution < -0.4 is 15.5 Å². The average molecular weight is 468 g/mol. The van der Waals surface area contributed by atoms with Gasteiger partial charge in [-0.25, -0.2) is 4.90 Å². The van der Waals surface area contributed by atoms with E-state index in [1.807, 2.05) is 55.5 Å². The van der Waals surface area contributed by atoms with E-state index in [-0.39, 0.29) is 17.0 Å². The molecule has 0 saturated carbocycles. The Morgan fingerprint density at radius 3 is 1.89 bits per heavy atom. The minimum Gasteiger partial charge on any atom is -0.350 e. The molecular weight excluding hydrogens is 438 g/mol. The predicted molar refractivity (Wildman–Crippen MR) is 140 cm³/mol. The molecule has 1 aliphatic rings. The summed E-state index contributed by atoms with van der Waals surface area (Å²) in [6.07, 6.45) is 0. The van der Waals surface area contributed by atoms with Crippen LogP contribution >= 0.6 is 0 Å². The number of amides is 3. The van der Waals surface area contributed by atoms with Crippen LogP contribution in [0.25, 0.3) is 5.57 Å². The van der Waals surface area contributed by atoms with Crippen molar-refractivity contribution in [3.8, 4) is 0 Å². The van der Waals surface area contributed by atoms with Crippen molar-refractivity contribution in [2.24, 2.45) is 0 Å². The Morgan fingerprint density at radius 2 is 1.34 bits per heavy atom. The number of imide groups is 1. The Labute approximate surface area is 205 Å². The van der Waals surface area contributed by atoms with Gasteiger partial charge in [-0.1, -0.05) is 62.7 Å². The minimum atomic E-state index is -0.433. The van der Waals surface area contributed by atoms with Crippen LogP contribution in [0.1, 0.15) is 44.4 Å². The molecule has 1 heterocycles. The zero-order chi connectivity index (χ0) is 25.3. The molecule has 178 valence electrons. The Bertz CT molecular complexity index is 1310. The van der Waals surface area contributed by atoms with Crippen LogP contribution in [0.5, 0.6) is 0 Å². The third-order valence-electron chi connectivity index (χ3n) is 5.89. The lowest BCUT2D eigenvalue weighted by Gasteiger charge is -2.19. The monoisotopic (exact) mass is 467 g/mol. The summed E-state index contributed by atoms with van der Waals surface area (Å²) in [5.74, 6) is -1.03. The maximum Gasteiger partial charge on any atom is 0.282 e. The highest BCUT2D eigenvalue weighted by Crippen LogP contribution is 2.34. The lowest BCUT2D eigenvalue weighted by molar-refractivity contribution is -0.120.